The summed E-state index contributed by atoms with van der Waals surface area (Å²) in [6, 6.07) is 6.92. The van der Waals surface area contributed by atoms with Crippen LogP contribution in [0.4, 0.5) is 0 Å². The van der Waals surface area contributed by atoms with Crippen LogP contribution in [-0.2, 0) is 6.54 Å². The SMILES string of the molecule is Cc1ccc(CN2CC(N)C2)cc1Br. The molecule has 76 valence electrons. The van der Waals surface area contributed by atoms with Crippen LogP contribution in [0.2, 0.25) is 0 Å². The summed E-state index contributed by atoms with van der Waals surface area (Å²) in [6.45, 7) is 5.19. The zero-order valence-corrected chi connectivity index (χ0v) is 9.92. The lowest BCUT2D eigenvalue weighted by molar-refractivity contribution is 0.142. The van der Waals surface area contributed by atoms with Crippen LogP contribution in [0.25, 0.3) is 0 Å². The second-order valence-electron chi connectivity index (χ2n) is 4.04. The molecule has 0 radical (unpaired) electrons. The number of hydrogen-bond donors (Lipinski definition) is 1. The van der Waals surface area contributed by atoms with Crippen molar-refractivity contribution >= 4 is 15.9 Å². The van der Waals surface area contributed by atoms with Gasteiger partial charge in [0, 0.05) is 30.1 Å². The van der Waals surface area contributed by atoms with Gasteiger partial charge in [0.25, 0.3) is 0 Å². The molecule has 0 saturated carbocycles. The molecule has 0 aliphatic carbocycles. The van der Waals surface area contributed by atoms with Crippen molar-refractivity contribution in [3.8, 4) is 0 Å². The minimum Gasteiger partial charge on any atom is -0.325 e. The highest BCUT2D eigenvalue weighted by atomic mass is 79.9. The van der Waals surface area contributed by atoms with Gasteiger partial charge in [0.05, 0.1) is 0 Å². The number of likely N-dealkylation sites (tertiary alicyclic amines) is 1. The van der Waals surface area contributed by atoms with Crippen LogP contribution in [0.5, 0.6) is 0 Å². The van der Waals surface area contributed by atoms with Crippen molar-refractivity contribution < 1.29 is 0 Å². The third-order valence-electron chi connectivity index (χ3n) is 2.63. The van der Waals surface area contributed by atoms with Gasteiger partial charge in [0.1, 0.15) is 0 Å². The third kappa shape index (κ3) is 2.16. The maximum absolute atomic E-state index is 5.73. The number of aryl methyl sites for hydroxylation is 1. The van der Waals surface area contributed by atoms with E-state index in [1.54, 1.807) is 0 Å². The lowest BCUT2D eigenvalue weighted by Crippen LogP contribution is -2.54. The van der Waals surface area contributed by atoms with Crippen LogP contribution in [0.15, 0.2) is 22.7 Å². The number of benzene rings is 1. The normalized spacial score (nSPS) is 18.2. The minimum atomic E-state index is 0.392. The predicted molar refractivity (Wildman–Crippen MR) is 62.1 cm³/mol. The van der Waals surface area contributed by atoms with Gasteiger partial charge in [-0.05, 0) is 24.1 Å². The smallest absolute Gasteiger partial charge is 0.0297 e. The van der Waals surface area contributed by atoms with Crippen LogP contribution in [-0.4, -0.2) is 24.0 Å². The van der Waals surface area contributed by atoms with Crippen molar-refractivity contribution in [3.63, 3.8) is 0 Å². The molecule has 0 spiro atoms. The number of nitrogens with two attached hydrogens (primary N) is 1. The molecular weight excluding hydrogens is 240 g/mol. The van der Waals surface area contributed by atoms with Gasteiger partial charge < -0.3 is 5.73 Å². The summed E-state index contributed by atoms with van der Waals surface area (Å²) in [5.41, 5.74) is 8.37. The fourth-order valence-corrected chi connectivity index (χ4v) is 2.16. The van der Waals surface area contributed by atoms with Crippen LogP contribution in [0, 0.1) is 6.92 Å². The van der Waals surface area contributed by atoms with Crippen molar-refractivity contribution in [1.82, 2.24) is 4.90 Å². The van der Waals surface area contributed by atoms with Crippen molar-refractivity contribution in [1.29, 1.82) is 0 Å². The highest BCUT2D eigenvalue weighted by molar-refractivity contribution is 9.10. The summed E-state index contributed by atoms with van der Waals surface area (Å²) in [7, 11) is 0. The van der Waals surface area contributed by atoms with Crippen molar-refractivity contribution in [2.45, 2.75) is 19.5 Å². The Bertz CT molecular complexity index is 332. The van der Waals surface area contributed by atoms with E-state index in [9.17, 15) is 0 Å². The summed E-state index contributed by atoms with van der Waals surface area (Å²) >= 11 is 3.54. The van der Waals surface area contributed by atoms with E-state index in [0.717, 1.165) is 19.6 Å². The fourth-order valence-electron chi connectivity index (χ4n) is 1.73. The molecule has 0 aromatic heterocycles. The van der Waals surface area contributed by atoms with Gasteiger partial charge in [-0.25, -0.2) is 0 Å². The molecule has 0 amide bonds. The summed E-state index contributed by atoms with van der Waals surface area (Å²) in [5.74, 6) is 0. The van der Waals surface area contributed by atoms with E-state index in [0.29, 0.717) is 6.04 Å². The van der Waals surface area contributed by atoms with Crippen molar-refractivity contribution in [2.24, 2.45) is 5.73 Å². The lowest BCUT2D eigenvalue weighted by atomic mass is 10.1. The number of rotatable bonds is 2. The molecule has 0 unspecified atom stereocenters. The van der Waals surface area contributed by atoms with Crippen LogP contribution in [0.1, 0.15) is 11.1 Å². The molecule has 2 nitrogen and oxygen atoms in total. The largest absolute Gasteiger partial charge is 0.325 e. The Morgan fingerprint density at radius 2 is 2.21 bits per heavy atom. The first-order chi connectivity index (χ1) is 6.65. The van der Waals surface area contributed by atoms with E-state index in [4.69, 9.17) is 5.73 Å². The Hall–Kier alpha value is -0.380. The third-order valence-corrected chi connectivity index (χ3v) is 3.48. The van der Waals surface area contributed by atoms with Gasteiger partial charge in [0.15, 0.2) is 0 Å². The number of nitrogens with zero attached hydrogens (tertiary/aromatic N) is 1. The highest BCUT2D eigenvalue weighted by Gasteiger charge is 2.22. The van der Waals surface area contributed by atoms with Gasteiger partial charge >= 0.3 is 0 Å². The molecule has 2 N–H and O–H groups in total. The molecular formula is C11H15BrN2. The number of hydrogen-bond acceptors (Lipinski definition) is 2. The van der Waals surface area contributed by atoms with Crippen molar-refractivity contribution in [2.75, 3.05) is 13.1 Å². The Morgan fingerprint density at radius 3 is 2.79 bits per heavy atom. The fraction of sp³-hybridized carbons (Fsp3) is 0.455. The van der Waals surface area contributed by atoms with E-state index >= 15 is 0 Å². The monoisotopic (exact) mass is 254 g/mol. The molecule has 0 atom stereocenters. The van der Waals surface area contributed by atoms with E-state index in [1.807, 2.05) is 0 Å². The standard InChI is InChI=1S/C11H15BrN2/c1-8-2-3-9(4-11(8)12)5-14-6-10(13)7-14/h2-4,10H,5-7,13H2,1H3. The Labute approximate surface area is 93.2 Å². The van der Waals surface area contributed by atoms with Crippen LogP contribution >= 0.6 is 15.9 Å². The molecule has 1 heterocycles. The lowest BCUT2D eigenvalue weighted by Gasteiger charge is -2.36. The molecule has 2 rings (SSSR count). The predicted octanol–water partition coefficient (Wildman–Crippen LogP) is 1.90. The summed E-state index contributed by atoms with van der Waals surface area (Å²) in [4.78, 5) is 2.36. The van der Waals surface area contributed by atoms with Crippen LogP contribution in [0.3, 0.4) is 0 Å². The van der Waals surface area contributed by atoms with Gasteiger partial charge in [-0.3, -0.25) is 4.90 Å². The van der Waals surface area contributed by atoms with Crippen LogP contribution < -0.4 is 5.73 Å². The topological polar surface area (TPSA) is 29.3 Å². The molecule has 1 saturated heterocycles. The van der Waals surface area contributed by atoms with Gasteiger partial charge in [-0.15, -0.1) is 0 Å². The zero-order chi connectivity index (χ0) is 10.1. The second kappa shape index (κ2) is 4.01. The quantitative estimate of drug-likeness (QED) is 0.874. The van der Waals surface area contributed by atoms with Gasteiger partial charge in [0.2, 0.25) is 0 Å². The molecule has 1 fully saturated rings. The Morgan fingerprint density at radius 1 is 1.50 bits per heavy atom. The first kappa shape index (κ1) is 10.1. The minimum absolute atomic E-state index is 0.392. The molecule has 1 aliphatic rings. The van der Waals surface area contributed by atoms with E-state index in [1.165, 1.54) is 15.6 Å². The van der Waals surface area contributed by atoms with Crippen molar-refractivity contribution in [3.05, 3.63) is 33.8 Å². The Balaban J connectivity index is 2.00. The molecule has 14 heavy (non-hydrogen) atoms. The summed E-state index contributed by atoms with van der Waals surface area (Å²) in [6.07, 6.45) is 0. The summed E-state index contributed by atoms with van der Waals surface area (Å²) in [5, 5.41) is 0. The van der Waals surface area contributed by atoms with E-state index in [-0.39, 0.29) is 0 Å². The second-order valence-corrected chi connectivity index (χ2v) is 4.89. The van der Waals surface area contributed by atoms with E-state index in [2.05, 4.69) is 46.0 Å². The zero-order valence-electron chi connectivity index (χ0n) is 8.33. The van der Waals surface area contributed by atoms with Gasteiger partial charge in [-0.2, -0.15) is 0 Å². The molecule has 1 aromatic carbocycles. The van der Waals surface area contributed by atoms with E-state index < -0.39 is 0 Å². The highest BCUT2D eigenvalue weighted by Crippen LogP contribution is 2.19. The molecule has 1 aliphatic heterocycles. The summed E-state index contributed by atoms with van der Waals surface area (Å²) < 4.78 is 1.19. The Kier molecular flexibility index (Phi) is 2.91. The molecule has 1 aromatic rings. The average molecular weight is 255 g/mol. The number of halogens is 1. The molecule has 0 bridgehead atoms. The molecule has 3 heteroatoms. The first-order valence-corrected chi connectivity index (χ1v) is 5.67. The van der Waals surface area contributed by atoms with Gasteiger partial charge in [-0.1, -0.05) is 28.1 Å². The maximum Gasteiger partial charge on any atom is 0.0297 e. The average Bonchev–Trinajstić information content (AvgIpc) is 2.09. The maximum atomic E-state index is 5.73. The first-order valence-electron chi connectivity index (χ1n) is 4.88.